The first kappa shape index (κ1) is 22.8. The van der Waals surface area contributed by atoms with Crippen LogP contribution in [0.25, 0.3) is 0 Å². The van der Waals surface area contributed by atoms with Crippen LogP contribution in [-0.2, 0) is 9.53 Å². The summed E-state index contributed by atoms with van der Waals surface area (Å²) >= 11 is 0. The third-order valence-electron chi connectivity index (χ3n) is 4.55. The molecule has 6 nitrogen and oxygen atoms in total. The Morgan fingerprint density at radius 2 is 2.00 bits per heavy atom. The summed E-state index contributed by atoms with van der Waals surface area (Å²) in [5.41, 5.74) is 0. The Balaban J connectivity index is 2.29. The summed E-state index contributed by atoms with van der Waals surface area (Å²) in [7, 11) is 0. The van der Waals surface area contributed by atoms with Gasteiger partial charge < -0.3 is 25.2 Å². The van der Waals surface area contributed by atoms with Gasteiger partial charge in [0.05, 0.1) is 24.4 Å². The molecule has 0 bridgehead atoms. The molecule has 0 saturated carbocycles. The number of aliphatic hydroxyl groups excluding tert-OH is 3. The number of ether oxygens (including phenoxy) is 1. The number of carbonyl (C=O) groups is 1. The fraction of sp³-hybridized carbons (Fsp3) is 0.750. The second kappa shape index (κ2) is 13.0. The van der Waals surface area contributed by atoms with Crippen molar-refractivity contribution in [2.75, 3.05) is 0 Å². The van der Waals surface area contributed by atoms with Gasteiger partial charge in [-0.25, -0.2) is 0 Å². The van der Waals surface area contributed by atoms with E-state index in [0.717, 1.165) is 19.3 Å². The van der Waals surface area contributed by atoms with Gasteiger partial charge in [0.2, 0.25) is 0 Å². The third kappa shape index (κ3) is 9.48. The van der Waals surface area contributed by atoms with E-state index in [1.165, 1.54) is 0 Å². The molecule has 5 atom stereocenters. The number of rotatable bonds is 13. The SMILES string of the molecule is CCCCC[C@@H](O)[C@@H]1C[C@H](O)[C@@H](/C=C/[C@H](O)C/C=C\CCCC(=O)O)O1. The monoisotopic (exact) mass is 370 g/mol. The van der Waals surface area contributed by atoms with Crippen LogP contribution in [0.5, 0.6) is 0 Å². The van der Waals surface area contributed by atoms with Crippen molar-refractivity contribution in [1.29, 1.82) is 0 Å². The summed E-state index contributed by atoms with van der Waals surface area (Å²) in [6.45, 7) is 2.11. The van der Waals surface area contributed by atoms with E-state index >= 15 is 0 Å². The molecule has 1 aliphatic heterocycles. The van der Waals surface area contributed by atoms with Crippen molar-refractivity contribution in [3.8, 4) is 0 Å². The zero-order valence-electron chi connectivity index (χ0n) is 15.7. The van der Waals surface area contributed by atoms with Crippen LogP contribution >= 0.6 is 0 Å². The highest BCUT2D eigenvalue weighted by atomic mass is 16.5. The largest absolute Gasteiger partial charge is 0.481 e. The molecule has 1 saturated heterocycles. The van der Waals surface area contributed by atoms with Gasteiger partial charge in [0, 0.05) is 12.8 Å². The van der Waals surface area contributed by atoms with E-state index in [9.17, 15) is 20.1 Å². The van der Waals surface area contributed by atoms with Gasteiger partial charge in [0.1, 0.15) is 6.10 Å². The molecule has 0 spiro atoms. The quantitative estimate of drug-likeness (QED) is 0.293. The molecule has 26 heavy (non-hydrogen) atoms. The summed E-state index contributed by atoms with van der Waals surface area (Å²) < 4.78 is 5.73. The molecule has 1 rings (SSSR count). The Morgan fingerprint density at radius 3 is 2.69 bits per heavy atom. The maximum absolute atomic E-state index is 10.4. The fourth-order valence-electron chi connectivity index (χ4n) is 2.97. The van der Waals surface area contributed by atoms with E-state index in [2.05, 4.69) is 6.92 Å². The first-order valence-electron chi connectivity index (χ1n) is 9.68. The zero-order valence-corrected chi connectivity index (χ0v) is 15.7. The summed E-state index contributed by atoms with van der Waals surface area (Å²) in [4.78, 5) is 10.4. The van der Waals surface area contributed by atoms with Gasteiger partial charge in [-0.3, -0.25) is 4.79 Å². The highest BCUT2D eigenvalue weighted by molar-refractivity contribution is 5.66. The van der Waals surface area contributed by atoms with Gasteiger partial charge in [0.25, 0.3) is 0 Å². The average molecular weight is 370 g/mol. The smallest absolute Gasteiger partial charge is 0.303 e. The van der Waals surface area contributed by atoms with E-state index in [0.29, 0.717) is 32.1 Å². The molecule has 0 radical (unpaired) electrons. The van der Waals surface area contributed by atoms with E-state index in [-0.39, 0.29) is 12.5 Å². The second-order valence-corrected chi connectivity index (χ2v) is 6.95. The summed E-state index contributed by atoms with van der Waals surface area (Å²) in [5.74, 6) is -0.801. The number of carboxylic acids is 1. The lowest BCUT2D eigenvalue weighted by atomic mass is 10.0. The van der Waals surface area contributed by atoms with E-state index in [1.807, 2.05) is 12.2 Å². The lowest BCUT2D eigenvalue weighted by Crippen LogP contribution is -2.26. The predicted octanol–water partition coefficient (Wildman–Crippen LogP) is 2.56. The van der Waals surface area contributed by atoms with Gasteiger partial charge >= 0.3 is 5.97 Å². The minimum atomic E-state index is -0.801. The van der Waals surface area contributed by atoms with Crippen molar-refractivity contribution < 1.29 is 30.0 Å². The topological polar surface area (TPSA) is 107 Å². The average Bonchev–Trinajstić information content (AvgIpc) is 2.97. The van der Waals surface area contributed by atoms with E-state index in [4.69, 9.17) is 9.84 Å². The van der Waals surface area contributed by atoms with Crippen molar-refractivity contribution in [1.82, 2.24) is 0 Å². The lowest BCUT2D eigenvalue weighted by Gasteiger charge is -2.18. The lowest BCUT2D eigenvalue weighted by molar-refractivity contribution is -0.137. The first-order chi connectivity index (χ1) is 12.4. The van der Waals surface area contributed by atoms with Crippen LogP contribution in [0.1, 0.15) is 64.7 Å². The fourth-order valence-corrected chi connectivity index (χ4v) is 2.97. The zero-order chi connectivity index (χ0) is 19.4. The van der Waals surface area contributed by atoms with Gasteiger partial charge in [0.15, 0.2) is 0 Å². The van der Waals surface area contributed by atoms with Crippen LogP contribution in [0.15, 0.2) is 24.3 Å². The minimum Gasteiger partial charge on any atom is -0.481 e. The molecular weight excluding hydrogens is 336 g/mol. The molecule has 0 aromatic heterocycles. The molecule has 0 unspecified atom stereocenters. The normalized spacial score (nSPS) is 25.9. The number of carboxylic acid groups (broad SMARTS) is 1. The van der Waals surface area contributed by atoms with Gasteiger partial charge in [-0.15, -0.1) is 0 Å². The molecule has 0 aromatic carbocycles. The molecule has 1 heterocycles. The highest BCUT2D eigenvalue weighted by Crippen LogP contribution is 2.26. The predicted molar refractivity (Wildman–Crippen MR) is 99.8 cm³/mol. The number of aliphatic hydroxyl groups is 3. The molecule has 150 valence electrons. The Hall–Kier alpha value is -1.21. The van der Waals surface area contributed by atoms with Crippen LogP contribution in [-0.4, -0.2) is 56.9 Å². The van der Waals surface area contributed by atoms with Crippen LogP contribution < -0.4 is 0 Å². The highest BCUT2D eigenvalue weighted by Gasteiger charge is 2.36. The van der Waals surface area contributed by atoms with Crippen molar-refractivity contribution in [3.63, 3.8) is 0 Å². The Labute approximate surface area is 156 Å². The van der Waals surface area contributed by atoms with Crippen LogP contribution in [0.3, 0.4) is 0 Å². The second-order valence-electron chi connectivity index (χ2n) is 6.95. The number of unbranched alkanes of at least 4 members (excludes halogenated alkanes) is 3. The van der Waals surface area contributed by atoms with E-state index in [1.54, 1.807) is 12.2 Å². The molecule has 1 fully saturated rings. The molecule has 0 aliphatic carbocycles. The number of hydrogen-bond donors (Lipinski definition) is 4. The first-order valence-corrected chi connectivity index (χ1v) is 9.68. The van der Waals surface area contributed by atoms with E-state index < -0.39 is 30.4 Å². The maximum atomic E-state index is 10.4. The van der Waals surface area contributed by atoms with Crippen LogP contribution in [0.4, 0.5) is 0 Å². The Kier molecular flexibility index (Phi) is 11.4. The summed E-state index contributed by atoms with van der Waals surface area (Å²) in [5, 5.41) is 38.7. The van der Waals surface area contributed by atoms with Crippen molar-refractivity contribution >= 4 is 5.97 Å². The molecule has 0 aromatic rings. The summed E-state index contributed by atoms with van der Waals surface area (Å²) in [6.07, 6.45) is 10.2. The number of hydrogen-bond acceptors (Lipinski definition) is 5. The number of aliphatic carboxylic acids is 1. The van der Waals surface area contributed by atoms with Crippen molar-refractivity contribution in [2.45, 2.75) is 95.2 Å². The van der Waals surface area contributed by atoms with Gasteiger partial charge in [-0.2, -0.15) is 0 Å². The molecule has 1 aliphatic rings. The number of allylic oxidation sites excluding steroid dienone is 1. The van der Waals surface area contributed by atoms with Crippen LogP contribution in [0, 0.1) is 0 Å². The molecule has 4 N–H and O–H groups in total. The van der Waals surface area contributed by atoms with Crippen LogP contribution in [0.2, 0.25) is 0 Å². The molecule has 0 amide bonds. The Morgan fingerprint density at radius 1 is 1.23 bits per heavy atom. The molecule has 6 heteroatoms. The van der Waals surface area contributed by atoms with Gasteiger partial charge in [-0.05, 0) is 25.7 Å². The molecular formula is C20H34O6. The van der Waals surface area contributed by atoms with Crippen molar-refractivity contribution in [3.05, 3.63) is 24.3 Å². The summed E-state index contributed by atoms with van der Waals surface area (Å²) in [6, 6.07) is 0. The van der Waals surface area contributed by atoms with Crippen molar-refractivity contribution in [2.24, 2.45) is 0 Å². The minimum absolute atomic E-state index is 0.148. The van der Waals surface area contributed by atoms with Gasteiger partial charge in [-0.1, -0.05) is 50.5 Å². The maximum Gasteiger partial charge on any atom is 0.303 e. The standard InChI is InChI=1S/C20H34O6/c1-2-3-6-10-16(22)19-14-17(23)18(26-19)13-12-15(21)9-7-4-5-8-11-20(24)25/h4,7,12-13,15-19,21-23H,2-3,5-6,8-11,14H2,1H3,(H,24,25)/b7-4-,13-12+/t15-,16-,17+,18-,19+/m1/s1. The Bertz CT molecular complexity index is 448. The third-order valence-corrected chi connectivity index (χ3v) is 4.55.